The minimum Gasteiger partial charge on any atom is -0.394 e. The normalized spacial score (nSPS) is 12.7. The average molecular weight is 1080 g/mol. The van der Waals surface area contributed by atoms with Crippen molar-refractivity contribution in [3.8, 4) is 0 Å². The average Bonchev–Trinajstić information content (AvgIpc) is 3.43. The summed E-state index contributed by atoms with van der Waals surface area (Å²) in [6.45, 7) is 4.35. The van der Waals surface area contributed by atoms with Crippen molar-refractivity contribution in [2.75, 3.05) is 6.61 Å². The molecule has 0 aliphatic heterocycles. The number of carbonyl (C=O) groups excluding carboxylic acids is 1. The highest BCUT2D eigenvalue weighted by Crippen LogP contribution is 2.20. The van der Waals surface area contributed by atoms with Gasteiger partial charge in [-0.25, -0.2) is 0 Å². The van der Waals surface area contributed by atoms with Gasteiger partial charge < -0.3 is 15.5 Å². The van der Waals surface area contributed by atoms with Crippen molar-refractivity contribution in [3.63, 3.8) is 0 Å². The van der Waals surface area contributed by atoms with Gasteiger partial charge in [0, 0.05) is 6.42 Å². The lowest BCUT2D eigenvalue weighted by atomic mass is 10.0. The molecule has 0 aromatic carbocycles. The van der Waals surface area contributed by atoms with Crippen LogP contribution in [0.25, 0.3) is 0 Å². The second-order valence-electron chi connectivity index (χ2n) is 25.0. The predicted octanol–water partition coefficient (Wildman–Crippen LogP) is 24.6. The van der Waals surface area contributed by atoms with Gasteiger partial charge in [0.1, 0.15) is 0 Å². The Kier molecular flexibility index (Phi) is 68.1. The standard InChI is InChI=1S/C73H143NO3/c1-3-5-7-9-11-13-15-17-19-21-23-25-27-29-30-31-32-33-34-35-36-37-38-39-40-41-42-43-44-45-47-49-51-53-55-57-59-61-63-65-67-69-73(77)74-71(70-75)72(76)68-66-64-62-60-58-56-54-52-50-48-46-28-26-24-22-20-18-16-14-12-10-8-6-4-2/h58,60,66,68,71-72,75-76H,3-57,59,61-65,67,69-70H2,1-2H3,(H,74,77)/b60-58+,68-66+. The fourth-order valence-corrected chi connectivity index (χ4v) is 11.7. The summed E-state index contributed by atoms with van der Waals surface area (Å²) in [6, 6.07) is -0.638. The van der Waals surface area contributed by atoms with Crippen molar-refractivity contribution in [2.45, 2.75) is 431 Å². The zero-order valence-corrected chi connectivity index (χ0v) is 53.0. The maximum absolute atomic E-state index is 12.5. The monoisotopic (exact) mass is 1080 g/mol. The van der Waals surface area contributed by atoms with E-state index in [1.807, 2.05) is 6.08 Å². The van der Waals surface area contributed by atoms with Gasteiger partial charge in [-0.05, 0) is 32.1 Å². The van der Waals surface area contributed by atoms with Crippen molar-refractivity contribution >= 4 is 5.91 Å². The van der Waals surface area contributed by atoms with Crippen molar-refractivity contribution in [1.82, 2.24) is 5.32 Å². The van der Waals surface area contributed by atoms with E-state index in [-0.39, 0.29) is 12.5 Å². The van der Waals surface area contributed by atoms with E-state index in [0.717, 1.165) is 32.1 Å². The van der Waals surface area contributed by atoms with Crippen LogP contribution in [0.4, 0.5) is 0 Å². The Hall–Kier alpha value is -1.13. The maximum Gasteiger partial charge on any atom is 0.220 e. The molecule has 4 nitrogen and oxygen atoms in total. The molecule has 0 rings (SSSR count). The van der Waals surface area contributed by atoms with E-state index in [9.17, 15) is 15.0 Å². The van der Waals surface area contributed by atoms with Crippen LogP contribution in [0.15, 0.2) is 24.3 Å². The Bertz CT molecular complexity index is 1140. The minimum absolute atomic E-state index is 0.0641. The van der Waals surface area contributed by atoms with E-state index < -0.39 is 12.1 Å². The molecular formula is C73H143NO3. The number of hydrogen-bond acceptors (Lipinski definition) is 3. The Morgan fingerprint density at radius 3 is 0.753 bits per heavy atom. The van der Waals surface area contributed by atoms with E-state index in [4.69, 9.17) is 0 Å². The van der Waals surface area contributed by atoms with Crippen molar-refractivity contribution in [2.24, 2.45) is 0 Å². The van der Waals surface area contributed by atoms with Gasteiger partial charge in [-0.1, -0.05) is 404 Å². The first kappa shape index (κ1) is 75.9. The van der Waals surface area contributed by atoms with Crippen LogP contribution in [0.5, 0.6) is 0 Å². The zero-order valence-electron chi connectivity index (χ0n) is 53.0. The lowest BCUT2D eigenvalue weighted by Crippen LogP contribution is -2.45. The molecular weight excluding hydrogens is 939 g/mol. The molecule has 2 atom stereocenters. The van der Waals surface area contributed by atoms with Crippen LogP contribution in [-0.4, -0.2) is 34.9 Å². The third-order valence-corrected chi connectivity index (χ3v) is 17.2. The van der Waals surface area contributed by atoms with Crippen LogP contribution in [0.1, 0.15) is 418 Å². The molecule has 0 radical (unpaired) electrons. The summed E-state index contributed by atoms with van der Waals surface area (Å²) in [5.74, 6) is -0.0641. The highest BCUT2D eigenvalue weighted by Gasteiger charge is 2.18. The number of rotatable bonds is 68. The van der Waals surface area contributed by atoms with Gasteiger partial charge in [0.2, 0.25) is 5.91 Å². The van der Waals surface area contributed by atoms with Gasteiger partial charge in [-0.15, -0.1) is 0 Å². The van der Waals surface area contributed by atoms with Crippen molar-refractivity contribution < 1.29 is 15.0 Å². The summed E-state index contributed by atoms with van der Waals surface area (Å²) in [5.41, 5.74) is 0. The lowest BCUT2D eigenvalue weighted by Gasteiger charge is -2.19. The molecule has 0 bridgehead atoms. The highest BCUT2D eigenvalue weighted by molar-refractivity contribution is 5.76. The molecule has 0 saturated heterocycles. The number of amides is 1. The lowest BCUT2D eigenvalue weighted by molar-refractivity contribution is -0.123. The van der Waals surface area contributed by atoms with Crippen LogP contribution >= 0.6 is 0 Å². The number of nitrogens with one attached hydrogen (secondary N) is 1. The largest absolute Gasteiger partial charge is 0.394 e. The third-order valence-electron chi connectivity index (χ3n) is 17.2. The van der Waals surface area contributed by atoms with Crippen LogP contribution in [0.2, 0.25) is 0 Å². The predicted molar refractivity (Wildman–Crippen MR) is 346 cm³/mol. The van der Waals surface area contributed by atoms with Crippen LogP contribution < -0.4 is 5.32 Å². The second kappa shape index (κ2) is 69.1. The topological polar surface area (TPSA) is 69.6 Å². The Morgan fingerprint density at radius 1 is 0.299 bits per heavy atom. The number of unbranched alkanes of at least 4 members (excludes halogenated alkanes) is 59. The van der Waals surface area contributed by atoms with Crippen LogP contribution in [0.3, 0.4) is 0 Å². The first-order valence-electron chi connectivity index (χ1n) is 36.1. The Morgan fingerprint density at radius 2 is 0.506 bits per heavy atom. The fourth-order valence-electron chi connectivity index (χ4n) is 11.7. The van der Waals surface area contributed by atoms with Crippen molar-refractivity contribution in [3.05, 3.63) is 24.3 Å². The maximum atomic E-state index is 12.5. The van der Waals surface area contributed by atoms with Crippen LogP contribution in [-0.2, 0) is 4.79 Å². The third kappa shape index (κ3) is 65.6. The first-order valence-corrected chi connectivity index (χ1v) is 36.1. The van der Waals surface area contributed by atoms with E-state index in [0.29, 0.717) is 6.42 Å². The summed E-state index contributed by atoms with van der Waals surface area (Å²) >= 11 is 0. The Balaban J connectivity index is 3.38. The molecule has 458 valence electrons. The van der Waals surface area contributed by atoms with E-state index in [1.165, 1.54) is 366 Å². The second-order valence-corrected chi connectivity index (χ2v) is 25.0. The fraction of sp³-hybridized carbons (Fsp3) is 0.932. The van der Waals surface area contributed by atoms with E-state index >= 15 is 0 Å². The van der Waals surface area contributed by atoms with Gasteiger partial charge in [-0.3, -0.25) is 4.79 Å². The van der Waals surface area contributed by atoms with Crippen molar-refractivity contribution in [1.29, 1.82) is 0 Å². The number of aliphatic hydroxyl groups is 2. The molecule has 0 saturated carbocycles. The molecule has 0 heterocycles. The molecule has 0 spiro atoms. The van der Waals surface area contributed by atoms with Gasteiger partial charge in [0.15, 0.2) is 0 Å². The van der Waals surface area contributed by atoms with Gasteiger partial charge >= 0.3 is 0 Å². The zero-order chi connectivity index (χ0) is 55.5. The van der Waals surface area contributed by atoms with E-state index in [2.05, 4.69) is 31.3 Å². The van der Waals surface area contributed by atoms with E-state index in [1.54, 1.807) is 6.08 Å². The number of carbonyl (C=O) groups is 1. The molecule has 0 aliphatic carbocycles. The molecule has 0 aliphatic rings. The summed E-state index contributed by atoms with van der Waals surface area (Å²) in [4.78, 5) is 12.5. The number of allylic oxidation sites excluding steroid dienone is 3. The van der Waals surface area contributed by atoms with Gasteiger partial charge in [-0.2, -0.15) is 0 Å². The molecule has 0 aromatic rings. The summed E-state index contributed by atoms with van der Waals surface area (Å²) < 4.78 is 0. The molecule has 77 heavy (non-hydrogen) atoms. The van der Waals surface area contributed by atoms with Crippen LogP contribution in [0, 0.1) is 0 Å². The smallest absolute Gasteiger partial charge is 0.220 e. The SMILES string of the molecule is CCCCCCCCCCCCCCCCCCCC/C=C/CC/C=C/C(O)C(CO)NC(=O)CCCCCCCCCCCCCCCCCCCCCCCCCCCCCCCCCCCCCCCCCCC. The quantitative estimate of drug-likeness (QED) is 0.0420. The summed E-state index contributed by atoms with van der Waals surface area (Å²) in [5, 5.41) is 23.3. The summed E-state index contributed by atoms with van der Waals surface area (Å²) in [6.07, 6.45) is 94.4. The molecule has 0 aromatic heterocycles. The molecule has 3 N–H and O–H groups in total. The Labute approximate surface area is 485 Å². The number of hydrogen-bond donors (Lipinski definition) is 3. The molecule has 0 fully saturated rings. The van der Waals surface area contributed by atoms with Gasteiger partial charge in [0.05, 0.1) is 18.8 Å². The molecule has 1 amide bonds. The first-order chi connectivity index (χ1) is 38.2. The number of aliphatic hydroxyl groups excluding tert-OH is 2. The molecule has 2 unspecified atom stereocenters. The van der Waals surface area contributed by atoms with Gasteiger partial charge in [0.25, 0.3) is 0 Å². The molecule has 4 heteroatoms. The summed E-state index contributed by atoms with van der Waals surface area (Å²) in [7, 11) is 0. The minimum atomic E-state index is -0.861. The highest BCUT2D eigenvalue weighted by atomic mass is 16.3.